The van der Waals surface area contributed by atoms with Crippen molar-refractivity contribution in [3.8, 4) is 121 Å². The summed E-state index contributed by atoms with van der Waals surface area (Å²) >= 11 is 3.44. The van der Waals surface area contributed by atoms with Gasteiger partial charge in [0, 0.05) is 104 Å². The topological polar surface area (TPSA) is 304 Å². The first kappa shape index (κ1) is 95.7. The minimum atomic E-state index is -0.154. The minimum absolute atomic E-state index is 0.00880. The Hall–Kier alpha value is -15.4. The van der Waals surface area contributed by atoms with Crippen LogP contribution in [-0.4, -0.2) is 127 Å². The molecule has 138 heavy (non-hydrogen) atoms. The van der Waals surface area contributed by atoms with Gasteiger partial charge in [0.1, 0.15) is 102 Å². The number of rotatable bonds is 16. The van der Waals surface area contributed by atoms with Gasteiger partial charge in [0.2, 0.25) is 0 Å². The minimum Gasteiger partial charge on any atom is -0.508 e. The Labute approximate surface area is 811 Å². The SMILES string of the molecule is COc1ccc(C2c3ccc(C)c(C)c3OCC2c2ccc(O)c(O)c2)cc1.COc1ccc(C2c3ccc(O)c(Br)c3OCC2c2cccc(O)c2)cc1.COc1ccc(C2c3ccc(O)c(C)c3OCC2c2ccc(O)c(O)c2)cc1.COc1ccc(C2c3ccc(O)c(C)c3OCC2c2cccc(O)c2)cc1.COc1ccc(C2c3ccc(O)c(C)c3OCC2c2cccc(OC)c2)cc1. The molecule has 5 aliphatic heterocycles. The molecule has 22 heteroatoms. The molecule has 15 aromatic carbocycles. The highest BCUT2D eigenvalue weighted by atomic mass is 79.9. The van der Waals surface area contributed by atoms with Gasteiger partial charge in [0.05, 0.1) is 75.7 Å². The van der Waals surface area contributed by atoms with Gasteiger partial charge in [-0.15, -0.1) is 0 Å². The zero-order valence-corrected chi connectivity index (χ0v) is 79.9. The number of fused-ring (bicyclic) bond motifs is 5. The maximum Gasteiger partial charge on any atom is 0.157 e. The maximum atomic E-state index is 10.1. The average molecular weight is 1920 g/mol. The highest BCUT2D eigenvalue weighted by molar-refractivity contribution is 9.10. The fourth-order valence-electron chi connectivity index (χ4n) is 19.5. The number of phenolic OH excluding ortho intramolecular Hbond substituents is 10. The van der Waals surface area contributed by atoms with Crippen molar-refractivity contribution in [1.82, 2.24) is 0 Å². The molecule has 10 N–H and O–H groups in total. The number of hydrogen-bond donors (Lipinski definition) is 10. The van der Waals surface area contributed by atoms with E-state index < -0.39 is 0 Å². The van der Waals surface area contributed by atoms with Gasteiger partial charge >= 0.3 is 0 Å². The zero-order valence-electron chi connectivity index (χ0n) is 78.4. The normalized spacial score (nSPS) is 18.3. The molecule has 0 spiro atoms. The molecule has 0 radical (unpaired) electrons. The largest absolute Gasteiger partial charge is 0.508 e. The van der Waals surface area contributed by atoms with Crippen LogP contribution in [0.2, 0.25) is 0 Å². The van der Waals surface area contributed by atoms with E-state index in [1.54, 1.807) is 109 Å². The number of aryl methyl sites for hydroxylation is 1. The van der Waals surface area contributed by atoms with E-state index in [4.69, 9.17) is 52.1 Å². The quantitative estimate of drug-likeness (QED) is 0.0402. The van der Waals surface area contributed by atoms with Crippen LogP contribution in [-0.2, 0) is 0 Å². The van der Waals surface area contributed by atoms with Gasteiger partial charge in [0.15, 0.2) is 23.0 Å². The Morgan fingerprint density at radius 1 is 0.217 bits per heavy atom. The van der Waals surface area contributed by atoms with Crippen LogP contribution < -0.4 is 52.1 Å². The standard InChI is InChI=1S/2C24H24O4.C23H22O5.C23H22O4.C22H19BrO4/c1-14-4-10-19-23(16-5-8-18(27-3)9-6-16)20(13-28-24(19)15(14)2)17-7-11-21(25)22(26)12-17;1-15-22(25)12-11-20-23(16-7-9-18(26-2)10-8-16)21(14-28-24(15)20)17-5-4-6-19(13-17)27-3;1-13-19(24)10-8-17-22(14-3-6-16(27-2)7-4-14)18(12-28-23(13)17)15-5-9-20(25)21(26)11-15;1-14-21(25)11-10-19-22(15-6-8-18(26-2)9-7-15)20(13-27-23(14)19)16-4-3-5-17(24)12-16;1-26-16-7-5-13(6-8-16)20-17-9-10-19(25)21(23)22(17)27-12-18(20)14-3-2-4-15(24)11-14/h4-12,20,23,25-26H,13H2,1-3H3;4-13,21,23,25H,14H2,1-3H3;3-11,18,22,24-26H,12H2,1-2H3;3-12,20,22,24-25H,13H2,1-2H3;2-11,18,20,24-25H,12H2,1H3. The van der Waals surface area contributed by atoms with E-state index in [1.165, 1.54) is 23.3 Å². The lowest BCUT2D eigenvalue weighted by Crippen LogP contribution is -2.26. The molecule has 5 aliphatic rings. The maximum absolute atomic E-state index is 10.1. The van der Waals surface area contributed by atoms with Crippen LogP contribution >= 0.6 is 15.9 Å². The summed E-state index contributed by atoms with van der Waals surface area (Å²) in [5, 5.41) is 99.7. The summed E-state index contributed by atoms with van der Waals surface area (Å²) in [6, 6.07) is 91.7. The Kier molecular flexibility index (Phi) is 29.3. The third-order valence-electron chi connectivity index (χ3n) is 27.1. The van der Waals surface area contributed by atoms with Crippen LogP contribution in [0.25, 0.3) is 0 Å². The van der Waals surface area contributed by atoms with Gasteiger partial charge in [-0.2, -0.15) is 0 Å². The van der Waals surface area contributed by atoms with Gasteiger partial charge in [-0.25, -0.2) is 0 Å². The molecule has 10 unspecified atom stereocenters. The lowest BCUT2D eigenvalue weighted by atomic mass is 9.75. The van der Waals surface area contributed by atoms with E-state index in [-0.39, 0.29) is 117 Å². The molecular formula is C116H111BrO21. The number of aromatic hydroxyl groups is 10. The van der Waals surface area contributed by atoms with Gasteiger partial charge in [-0.1, -0.05) is 146 Å². The third-order valence-corrected chi connectivity index (χ3v) is 27.9. The van der Waals surface area contributed by atoms with E-state index in [0.29, 0.717) is 54.6 Å². The van der Waals surface area contributed by atoms with E-state index in [9.17, 15) is 51.1 Å². The van der Waals surface area contributed by atoms with Gasteiger partial charge in [-0.05, 0) is 263 Å². The number of phenols is 10. The Balaban J connectivity index is 0.000000125. The second-order valence-corrected chi connectivity index (χ2v) is 35.7. The molecule has 0 bridgehead atoms. The summed E-state index contributed by atoms with van der Waals surface area (Å²) in [6.07, 6.45) is 0. The fourth-order valence-corrected chi connectivity index (χ4v) is 20.0. The van der Waals surface area contributed by atoms with Gasteiger partial charge in [0.25, 0.3) is 0 Å². The average Bonchev–Trinajstić information content (AvgIpc) is 0.777. The van der Waals surface area contributed by atoms with Crippen molar-refractivity contribution in [2.75, 3.05) is 75.7 Å². The number of hydrogen-bond acceptors (Lipinski definition) is 21. The zero-order chi connectivity index (χ0) is 97.3. The van der Waals surface area contributed by atoms with Crippen molar-refractivity contribution in [3.63, 3.8) is 0 Å². The Morgan fingerprint density at radius 3 is 0.746 bits per heavy atom. The van der Waals surface area contributed by atoms with Crippen molar-refractivity contribution in [1.29, 1.82) is 0 Å². The first-order valence-electron chi connectivity index (χ1n) is 45.5. The van der Waals surface area contributed by atoms with Crippen LogP contribution in [0.15, 0.2) is 296 Å². The van der Waals surface area contributed by atoms with Gasteiger partial charge < -0.3 is 103 Å². The van der Waals surface area contributed by atoms with E-state index in [0.717, 1.165) is 146 Å². The molecule has 0 amide bonds. The van der Waals surface area contributed by atoms with Crippen LogP contribution in [0.1, 0.15) is 170 Å². The summed E-state index contributed by atoms with van der Waals surface area (Å²) in [4.78, 5) is 0. The molecule has 0 fully saturated rings. The van der Waals surface area contributed by atoms with Crippen LogP contribution in [0.4, 0.5) is 0 Å². The molecule has 10 atom stereocenters. The van der Waals surface area contributed by atoms with E-state index >= 15 is 0 Å². The Morgan fingerprint density at radius 2 is 0.457 bits per heavy atom. The molecule has 20 rings (SSSR count). The lowest BCUT2D eigenvalue weighted by molar-refractivity contribution is 0.245. The molecule has 21 nitrogen and oxygen atoms in total. The van der Waals surface area contributed by atoms with Crippen LogP contribution in [0, 0.1) is 34.6 Å². The Bertz CT molecular complexity index is 6500. The molecule has 0 saturated carbocycles. The van der Waals surface area contributed by atoms with Crippen molar-refractivity contribution in [3.05, 3.63) is 407 Å². The smallest absolute Gasteiger partial charge is 0.157 e. The monoisotopic (exact) mass is 1920 g/mol. The van der Waals surface area contributed by atoms with Gasteiger partial charge in [-0.3, -0.25) is 0 Å². The molecular weight excluding hydrogens is 1810 g/mol. The first-order valence-corrected chi connectivity index (χ1v) is 46.2. The number of benzene rings is 15. The highest BCUT2D eigenvalue weighted by Crippen LogP contribution is 2.57. The number of halogens is 1. The van der Waals surface area contributed by atoms with Crippen molar-refractivity contribution in [2.45, 2.75) is 93.8 Å². The molecule has 708 valence electrons. The molecule has 0 aliphatic carbocycles. The molecule has 0 aromatic heterocycles. The highest BCUT2D eigenvalue weighted by Gasteiger charge is 2.42. The number of ether oxygens (including phenoxy) is 11. The molecule has 0 saturated heterocycles. The van der Waals surface area contributed by atoms with Crippen LogP contribution in [0.3, 0.4) is 0 Å². The third kappa shape index (κ3) is 20.1. The summed E-state index contributed by atoms with van der Waals surface area (Å²) in [5.41, 5.74) is 20.5. The second kappa shape index (κ2) is 42.2. The summed E-state index contributed by atoms with van der Waals surface area (Å²) in [5.74, 6) is 9.77. The first-order chi connectivity index (χ1) is 66.8. The van der Waals surface area contributed by atoms with E-state index in [2.05, 4.69) is 103 Å². The van der Waals surface area contributed by atoms with Crippen molar-refractivity contribution >= 4 is 15.9 Å². The predicted octanol–water partition coefficient (Wildman–Crippen LogP) is 24.4. The number of methoxy groups -OCH3 is 6. The molecule has 15 aromatic rings. The summed E-state index contributed by atoms with van der Waals surface area (Å²) in [6.45, 7) is 12.1. The van der Waals surface area contributed by atoms with Crippen LogP contribution in [0.5, 0.6) is 121 Å². The van der Waals surface area contributed by atoms with E-state index in [1.807, 2.05) is 160 Å². The van der Waals surface area contributed by atoms with Crippen molar-refractivity contribution < 1.29 is 103 Å². The second-order valence-electron chi connectivity index (χ2n) is 34.9. The summed E-state index contributed by atoms with van der Waals surface area (Å²) < 4.78 is 63.0. The predicted molar refractivity (Wildman–Crippen MR) is 534 cm³/mol. The molecule has 5 heterocycles. The fraction of sp³-hybridized carbons (Fsp3) is 0.224. The van der Waals surface area contributed by atoms with Crippen molar-refractivity contribution in [2.24, 2.45) is 0 Å². The summed E-state index contributed by atoms with van der Waals surface area (Å²) in [7, 11) is 9.94. The lowest BCUT2D eigenvalue weighted by Gasteiger charge is -2.35.